The predicted octanol–water partition coefficient (Wildman–Crippen LogP) is 0.809. The van der Waals surface area contributed by atoms with Crippen molar-refractivity contribution in [1.29, 1.82) is 0 Å². The van der Waals surface area contributed by atoms with Crippen LogP contribution in [0.5, 0.6) is 0 Å². The molecule has 0 saturated carbocycles. The molecule has 0 aromatic heterocycles. The Kier molecular flexibility index (Phi) is 6.51. The van der Waals surface area contributed by atoms with E-state index in [4.69, 9.17) is 14.6 Å². The molecule has 3 heteroatoms. The van der Waals surface area contributed by atoms with Gasteiger partial charge in [0.15, 0.2) is 0 Å². The number of aliphatic hydroxyl groups excluding tert-OH is 1. The standard InChI is InChI=1S/C8H18O3/c1-7(9)8(2)11-6-4-5-10-3/h7-9H,4-6H2,1-3H3/t7-,8?/m1/s1. The van der Waals surface area contributed by atoms with Gasteiger partial charge in [-0.05, 0) is 20.3 Å². The highest BCUT2D eigenvalue weighted by Gasteiger charge is 2.07. The zero-order chi connectivity index (χ0) is 8.69. The molecule has 3 nitrogen and oxygen atoms in total. The van der Waals surface area contributed by atoms with Crippen molar-refractivity contribution in [2.75, 3.05) is 20.3 Å². The van der Waals surface area contributed by atoms with Crippen LogP contribution in [-0.4, -0.2) is 37.6 Å². The quantitative estimate of drug-likeness (QED) is 0.587. The minimum atomic E-state index is -0.391. The topological polar surface area (TPSA) is 38.7 Å². The van der Waals surface area contributed by atoms with Crippen LogP contribution in [0.25, 0.3) is 0 Å². The number of rotatable bonds is 6. The van der Waals surface area contributed by atoms with Crippen molar-refractivity contribution in [3.8, 4) is 0 Å². The molecule has 0 aliphatic rings. The first-order valence-corrected chi connectivity index (χ1v) is 3.97. The van der Waals surface area contributed by atoms with Gasteiger partial charge < -0.3 is 14.6 Å². The SMILES string of the molecule is COCCCOC(C)[C@@H](C)O. The van der Waals surface area contributed by atoms with Crippen molar-refractivity contribution in [2.45, 2.75) is 32.5 Å². The smallest absolute Gasteiger partial charge is 0.0803 e. The summed E-state index contributed by atoms with van der Waals surface area (Å²) >= 11 is 0. The maximum absolute atomic E-state index is 9.02. The summed E-state index contributed by atoms with van der Waals surface area (Å²) in [7, 11) is 1.66. The number of ether oxygens (including phenoxy) is 2. The Labute approximate surface area is 68.3 Å². The lowest BCUT2D eigenvalue weighted by molar-refractivity contribution is -0.0235. The van der Waals surface area contributed by atoms with Crippen LogP contribution < -0.4 is 0 Å². The average molecular weight is 162 g/mol. The molecule has 0 radical (unpaired) electrons. The van der Waals surface area contributed by atoms with Crippen LogP contribution in [0.15, 0.2) is 0 Å². The fourth-order valence-corrected chi connectivity index (χ4v) is 0.612. The molecule has 0 aromatic rings. The molecular weight excluding hydrogens is 144 g/mol. The van der Waals surface area contributed by atoms with Crippen molar-refractivity contribution in [2.24, 2.45) is 0 Å². The molecule has 1 unspecified atom stereocenters. The second-order valence-electron chi connectivity index (χ2n) is 2.66. The van der Waals surface area contributed by atoms with Gasteiger partial charge in [-0.3, -0.25) is 0 Å². The van der Waals surface area contributed by atoms with Crippen molar-refractivity contribution >= 4 is 0 Å². The highest BCUT2D eigenvalue weighted by molar-refractivity contribution is 4.56. The first-order valence-electron chi connectivity index (χ1n) is 3.97. The van der Waals surface area contributed by atoms with Crippen molar-refractivity contribution in [1.82, 2.24) is 0 Å². The third-order valence-electron chi connectivity index (χ3n) is 1.55. The fraction of sp³-hybridized carbons (Fsp3) is 1.00. The van der Waals surface area contributed by atoms with E-state index in [0.717, 1.165) is 6.42 Å². The van der Waals surface area contributed by atoms with Crippen molar-refractivity contribution in [3.05, 3.63) is 0 Å². The summed E-state index contributed by atoms with van der Waals surface area (Å²) in [6.45, 7) is 4.95. The number of hydrogen-bond acceptors (Lipinski definition) is 3. The van der Waals surface area contributed by atoms with Crippen LogP contribution in [0.1, 0.15) is 20.3 Å². The zero-order valence-corrected chi connectivity index (χ0v) is 7.54. The summed E-state index contributed by atoms with van der Waals surface area (Å²) < 4.78 is 10.1. The van der Waals surface area contributed by atoms with Gasteiger partial charge in [0.1, 0.15) is 0 Å². The van der Waals surface area contributed by atoms with E-state index in [1.807, 2.05) is 6.92 Å². The van der Waals surface area contributed by atoms with Crippen molar-refractivity contribution in [3.63, 3.8) is 0 Å². The van der Waals surface area contributed by atoms with Gasteiger partial charge in [-0.1, -0.05) is 0 Å². The Morgan fingerprint density at radius 3 is 2.36 bits per heavy atom. The molecule has 0 aliphatic carbocycles. The highest BCUT2D eigenvalue weighted by Crippen LogP contribution is 1.97. The molecule has 11 heavy (non-hydrogen) atoms. The lowest BCUT2D eigenvalue weighted by atomic mass is 10.2. The van der Waals surface area contributed by atoms with Crippen molar-refractivity contribution < 1.29 is 14.6 Å². The number of aliphatic hydroxyl groups is 1. The van der Waals surface area contributed by atoms with Gasteiger partial charge >= 0.3 is 0 Å². The molecule has 0 saturated heterocycles. The van der Waals surface area contributed by atoms with Crippen LogP contribution in [-0.2, 0) is 9.47 Å². The molecule has 0 spiro atoms. The molecular formula is C8H18O3. The normalized spacial score (nSPS) is 16.4. The second kappa shape index (κ2) is 6.58. The van der Waals surface area contributed by atoms with Gasteiger partial charge in [0.2, 0.25) is 0 Å². The van der Waals surface area contributed by atoms with Crippen LogP contribution in [0.4, 0.5) is 0 Å². The summed E-state index contributed by atoms with van der Waals surface area (Å²) in [5.41, 5.74) is 0. The van der Waals surface area contributed by atoms with E-state index in [1.54, 1.807) is 14.0 Å². The minimum Gasteiger partial charge on any atom is -0.391 e. The summed E-state index contributed by atoms with van der Waals surface area (Å²) in [6, 6.07) is 0. The van der Waals surface area contributed by atoms with Crippen LogP contribution in [0.2, 0.25) is 0 Å². The maximum atomic E-state index is 9.02. The summed E-state index contributed by atoms with van der Waals surface area (Å²) in [5, 5.41) is 9.02. The molecule has 1 N–H and O–H groups in total. The summed E-state index contributed by atoms with van der Waals surface area (Å²) in [5.74, 6) is 0. The summed E-state index contributed by atoms with van der Waals surface area (Å²) in [4.78, 5) is 0. The molecule has 0 heterocycles. The van der Waals surface area contributed by atoms with Crippen LogP contribution in [0.3, 0.4) is 0 Å². The van der Waals surface area contributed by atoms with E-state index >= 15 is 0 Å². The van der Waals surface area contributed by atoms with E-state index in [9.17, 15) is 0 Å². The molecule has 0 bridgehead atoms. The molecule has 0 aromatic carbocycles. The van der Waals surface area contributed by atoms with E-state index in [2.05, 4.69) is 0 Å². The number of methoxy groups -OCH3 is 1. The first kappa shape index (κ1) is 10.9. The Morgan fingerprint density at radius 2 is 1.91 bits per heavy atom. The van der Waals surface area contributed by atoms with E-state index in [1.165, 1.54) is 0 Å². The number of hydrogen-bond donors (Lipinski definition) is 1. The monoisotopic (exact) mass is 162 g/mol. The van der Waals surface area contributed by atoms with Gasteiger partial charge in [0.25, 0.3) is 0 Å². The molecule has 2 atom stereocenters. The Bertz CT molecular complexity index is 83.4. The Morgan fingerprint density at radius 1 is 1.27 bits per heavy atom. The molecule has 0 amide bonds. The lowest BCUT2D eigenvalue weighted by Gasteiger charge is -2.15. The summed E-state index contributed by atoms with van der Waals surface area (Å²) in [6.07, 6.45) is 0.414. The van der Waals surface area contributed by atoms with Gasteiger partial charge in [0.05, 0.1) is 12.2 Å². The van der Waals surface area contributed by atoms with E-state index < -0.39 is 6.10 Å². The van der Waals surface area contributed by atoms with Gasteiger partial charge in [-0.2, -0.15) is 0 Å². The van der Waals surface area contributed by atoms with Gasteiger partial charge in [0, 0.05) is 20.3 Å². The van der Waals surface area contributed by atoms with E-state index in [-0.39, 0.29) is 6.10 Å². The second-order valence-corrected chi connectivity index (χ2v) is 2.66. The Hall–Kier alpha value is -0.120. The fourth-order valence-electron chi connectivity index (χ4n) is 0.612. The molecule has 0 fully saturated rings. The van der Waals surface area contributed by atoms with Crippen LogP contribution >= 0.6 is 0 Å². The molecule has 0 aliphatic heterocycles. The zero-order valence-electron chi connectivity index (χ0n) is 7.54. The lowest BCUT2D eigenvalue weighted by Crippen LogP contribution is -2.23. The average Bonchev–Trinajstić information content (AvgIpc) is 1.97. The minimum absolute atomic E-state index is 0.0770. The molecule has 68 valence electrons. The third kappa shape index (κ3) is 6.28. The van der Waals surface area contributed by atoms with Gasteiger partial charge in [-0.15, -0.1) is 0 Å². The van der Waals surface area contributed by atoms with Gasteiger partial charge in [-0.25, -0.2) is 0 Å². The van der Waals surface area contributed by atoms with Crippen LogP contribution in [0, 0.1) is 0 Å². The molecule has 0 rings (SSSR count). The third-order valence-corrected chi connectivity index (χ3v) is 1.55. The maximum Gasteiger partial charge on any atom is 0.0803 e. The largest absolute Gasteiger partial charge is 0.391 e. The predicted molar refractivity (Wildman–Crippen MR) is 43.6 cm³/mol. The highest BCUT2D eigenvalue weighted by atomic mass is 16.5. The Balaban J connectivity index is 3.10. The first-order chi connectivity index (χ1) is 5.18. The van der Waals surface area contributed by atoms with E-state index in [0.29, 0.717) is 13.2 Å².